The fourth-order valence-corrected chi connectivity index (χ4v) is 2.83. The molecule has 2 atom stereocenters. The number of amidine groups is 1. The van der Waals surface area contributed by atoms with Crippen molar-refractivity contribution in [3.63, 3.8) is 0 Å². The monoisotopic (exact) mass is 353 g/mol. The third-order valence-corrected chi connectivity index (χ3v) is 4.22. The number of ether oxygens (including phenoxy) is 1. The summed E-state index contributed by atoms with van der Waals surface area (Å²) in [6.45, 7) is 7.58. The lowest BCUT2D eigenvalue weighted by atomic mass is 10.1. The van der Waals surface area contributed by atoms with Crippen LogP contribution < -0.4 is 10.1 Å². The van der Waals surface area contributed by atoms with Gasteiger partial charge in [0, 0.05) is 6.54 Å². The minimum Gasteiger partial charge on any atom is -0.497 e. The summed E-state index contributed by atoms with van der Waals surface area (Å²) in [4.78, 5) is 17.7. The lowest BCUT2D eigenvalue weighted by Gasteiger charge is -2.34. The molecule has 2 unspecified atom stereocenters. The summed E-state index contributed by atoms with van der Waals surface area (Å²) < 4.78 is 5.24. The zero-order valence-corrected chi connectivity index (χ0v) is 15.5. The standard InChI is InChI=1S/C21H27N3O2/c1-4-19-8-6-5-7-13-23-21(17(2)22-14-15-25)24(19)16-18-9-11-20(26-3)12-10-18/h4-12,15,17,19,22H,1,13-14,16H2,2-3H3/b7-5-,8-6-,23-21?. The molecule has 0 amide bonds. The van der Waals surface area contributed by atoms with Crippen molar-refractivity contribution < 1.29 is 9.53 Å². The molecule has 1 N–H and O–H groups in total. The van der Waals surface area contributed by atoms with Crippen LogP contribution in [0.4, 0.5) is 0 Å². The SMILES string of the molecule is C=CC1/C=C\C=C/CN=C(C(C)NCC=O)N1Cc1ccc(OC)cc1. The van der Waals surface area contributed by atoms with E-state index in [4.69, 9.17) is 9.73 Å². The van der Waals surface area contributed by atoms with Crippen LogP contribution >= 0.6 is 0 Å². The number of hydrogen-bond acceptors (Lipinski definition) is 5. The van der Waals surface area contributed by atoms with Crippen molar-refractivity contribution in [1.82, 2.24) is 10.2 Å². The summed E-state index contributed by atoms with van der Waals surface area (Å²) in [5.74, 6) is 1.74. The topological polar surface area (TPSA) is 53.9 Å². The van der Waals surface area contributed by atoms with E-state index >= 15 is 0 Å². The van der Waals surface area contributed by atoms with Crippen LogP contribution in [-0.4, -0.2) is 49.3 Å². The number of nitrogens with zero attached hydrogens (tertiary/aromatic N) is 2. The second-order valence-electron chi connectivity index (χ2n) is 6.01. The van der Waals surface area contributed by atoms with Gasteiger partial charge in [-0.2, -0.15) is 0 Å². The van der Waals surface area contributed by atoms with Gasteiger partial charge in [0.1, 0.15) is 17.9 Å². The number of aldehydes is 1. The average Bonchev–Trinajstić information content (AvgIpc) is 2.77. The molecular weight excluding hydrogens is 326 g/mol. The maximum Gasteiger partial charge on any atom is 0.133 e. The number of hydrogen-bond donors (Lipinski definition) is 1. The van der Waals surface area contributed by atoms with Gasteiger partial charge >= 0.3 is 0 Å². The second kappa shape index (κ2) is 10.4. The molecule has 0 saturated carbocycles. The van der Waals surface area contributed by atoms with Crippen molar-refractivity contribution in [2.45, 2.75) is 25.6 Å². The molecular formula is C21H27N3O2. The van der Waals surface area contributed by atoms with E-state index in [2.05, 4.69) is 35.0 Å². The minimum absolute atomic E-state index is 0.000849. The van der Waals surface area contributed by atoms with Crippen molar-refractivity contribution in [2.75, 3.05) is 20.2 Å². The Morgan fingerprint density at radius 1 is 1.38 bits per heavy atom. The molecule has 0 aromatic heterocycles. The fraction of sp³-hybridized carbons (Fsp3) is 0.333. The van der Waals surface area contributed by atoms with Crippen molar-refractivity contribution >= 4 is 12.1 Å². The van der Waals surface area contributed by atoms with E-state index in [1.54, 1.807) is 7.11 Å². The quantitative estimate of drug-likeness (QED) is 0.577. The molecule has 138 valence electrons. The van der Waals surface area contributed by atoms with Gasteiger partial charge in [-0.1, -0.05) is 42.5 Å². The van der Waals surface area contributed by atoms with Crippen molar-refractivity contribution in [2.24, 2.45) is 4.99 Å². The van der Waals surface area contributed by atoms with Gasteiger partial charge in [0.25, 0.3) is 0 Å². The van der Waals surface area contributed by atoms with Crippen LogP contribution in [0.3, 0.4) is 0 Å². The van der Waals surface area contributed by atoms with Gasteiger partial charge in [-0.05, 0) is 24.6 Å². The Morgan fingerprint density at radius 2 is 2.15 bits per heavy atom. The number of methoxy groups -OCH3 is 1. The highest BCUT2D eigenvalue weighted by molar-refractivity contribution is 5.88. The number of carbonyl (C=O) groups is 1. The average molecular weight is 353 g/mol. The second-order valence-corrected chi connectivity index (χ2v) is 6.01. The smallest absolute Gasteiger partial charge is 0.133 e. The van der Waals surface area contributed by atoms with Crippen LogP contribution in [-0.2, 0) is 11.3 Å². The molecule has 26 heavy (non-hydrogen) atoms. The molecule has 0 bridgehead atoms. The highest BCUT2D eigenvalue weighted by atomic mass is 16.5. The molecule has 0 aliphatic carbocycles. The highest BCUT2D eigenvalue weighted by Gasteiger charge is 2.23. The third kappa shape index (κ3) is 5.43. The van der Waals surface area contributed by atoms with Gasteiger partial charge < -0.3 is 19.7 Å². The van der Waals surface area contributed by atoms with Crippen LogP contribution in [0.1, 0.15) is 12.5 Å². The molecule has 1 aromatic rings. The molecule has 0 fully saturated rings. The number of rotatable bonds is 8. The predicted octanol–water partition coefficient (Wildman–Crippen LogP) is 2.75. The number of aliphatic imine (C=N–C) groups is 1. The van der Waals surface area contributed by atoms with Crippen LogP contribution in [0, 0.1) is 0 Å². The molecule has 1 heterocycles. The van der Waals surface area contributed by atoms with E-state index in [0.717, 1.165) is 23.4 Å². The van der Waals surface area contributed by atoms with E-state index in [1.807, 2.05) is 43.4 Å². The lowest BCUT2D eigenvalue weighted by molar-refractivity contribution is -0.107. The molecule has 0 saturated heterocycles. The van der Waals surface area contributed by atoms with E-state index in [1.165, 1.54) is 0 Å². The van der Waals surface area contributed by atoms with Gasteiger partial charge in [0.15, 0.2) is 0 Å². The van der Waals surface area contributed by atoms with E-state index in [9.17, 15) is 4.79 Å². The van der Waals surface area contributed by atoms with E-state index < -0.39 is 0 Å². The Kier molecular flexibility index (Phi) is 7.83. The molecule has 5 heteroatoms. The highest BCUT2D eigenvalue weighted by Crippen LogP contribution is 2.17. The molecule has 0 radical (unpaired) electrons. The van der Waals surface area contributed by atoms with Gasteiger partial charge in [-0.3, -0.25) is 4.99 Å². The molecule has 2 rings (SSSR count). The van der Waals surface area contributed by atoms with Crippen LogP contribution in [0.2, 0.25) is 0 Å². The predicted molar refractivity (Wildman–Crippen MR) is 107 cm³/mol. The maximum atomic E-state index is 10.8. The zero-order chi connectivity index (χ0) is 18.8. The first-order chi connectivity index (χ1) is 12.7. The summed E-state index contributed by atoms with van der Waals surface area (Å²) in [5.41, 5.74) is 1.15. The number of benzene rings is 1. The largest absolute Gasteiger partial charge is 0.497 e. The Labute approximate surface area is 155 Å². The summed E-state index contributed by atoms with van der Waals surface area (Å²) in [6, 6.07) is 7.96. The van der Waals surface area contributed by atoms with E-state index in [0.29, 0.717) is 19.6 Å². The van der Waals surface area contributed by atoms with Gasteiger partial charge in [-0.15, -0.1) is 6.58 Å². The van der Waals surface area contributed by atoms with E-state index in [-0.39, 0.29) is 12.1 Å². The number of nitrogens with one attached hydrogen (secondary N) is 1. The Balaban J connectivity index is 2.33. The van der Waals surface area contributed by atoms with Crippen LogP contribution in [0.15, 0.2) is 66.2 Å². The molecule has 1 aliphatic rings. The lowest BCUT2D eigenvalue weighted by Crippen LogP contribution is -2.48. The Hall–Kier alpha value is -2.66. The third-order valence-electron chi connectivity index (χ3n) is 4.22. The van der Waals surface area contributed by atoms with Crippen molar-refractivity contribution in [3.05, 3.63) is 66.8 Å². The normalized spacial score (nSPS) is 20.8. The minimum atomic E-state index is -0.0548. The van der Waals surface area contributed by atoms with Gasteiger partial charge in [-0.25, -0.2) is 0 Å². The molecule has 5 nitrogen and oxygen atoms in total. The Morgan fingerprint density at radius 3 is 2.81 bits per heavy atom. The summed E-state index contributed by atoms with van der Waals surface area (Å²) in [7, 11) is 1.66. The van der Waals surface area contributed by atoms with Crippen LogP contribution in [0.25, 0.3) is 0 Å². The molecule has 1 aliphatic heterocycles. The van der Waals surface area contributed by atoms with Gasteiger partial charge in [0.05, 0.1) is 32.3 Å². The first-order valence-electron chi connectivity index (χ1n) is 8.76. The summed E-state index contributed by atoms with van der Waals surface area (Å²) in [6.07, 6.45) is 10.9. The number of carbonyl (C=O) groups excluding carboxylic acids is 1. The van der Waals surface area contributed by atoms with Crippen molar-refractivity contribution in [1.29, 1.82) is 0 Å². The first kappa shape index (κ1) is 19.7. The van der Waals surface area contributed by atoms with Crippen LogP contribution in [0.5, 0.6) is 5.75 Å². The molecule has 0 spiro atoms. The summed E-state index contributed by atoms with van der Waals surface area (Å²) >= 11 is 0. The zero-order valence-electron chi connectivity index (χ0n) is 15.5. The summed E-state index contributed by atoms with van der Waals surface area (Å²) in [5, 5.41) is 3.21. The molecule has 1 aromatic carbocycles. The fourth-order valence-electron chi connectivity index (χ4n) is 2.83. The first-order valence-corrected chi connectivity index (χ1v) is 8.76. The van der Waals surface area contributed by atoms with Crippen molar-refractivity contribution in [3.8, 4) is 5.75 Å². The van der Waals surface area contributed by atoms with Gasteiger partial charge in [0.2, 0.25) is 0 Å². The Bertz CT molecular complexity index is 677. The maximum absolute atomic E-state index is 10.8. The number of allylic oxidation sites excluding steroid dienone is 2.